The van der Waals surface area contributed by atoms with Crippen molar-refractivity contribution >= 4 is 46.6 Å². The molecular formula is C26H36Cl2N4O2. The molecule has 0 aromatic heterocycles. The van der Waals surface area contributed by atoms with Crippen molar-refractivity contribution < 1.29 is 9.59 Å². The van der Waals surface area contributed by atoms with Crippen molar-refractivity contribution in [1.29, 1.82) is 0 Å². The molecule has 2 aromatic rings. The molecule has 0 saturated heterocycles. The Balaban J connectivity index is 1.32. The largest absolute Gasteiger partial charge is 0.338 e. The Labute approximate surface area is 213 Å². The van der Waals surface area contributed by atoms with Gasteiger partial charge in [-0.05, 0) is 49.2 Å². The Morgan fingerprint density at radius 1 is 0.559 bits per heavy atom. The summed E-state index contributed by atoms with van der Waals surface area (Å²) >= 11 is 11.8. The maximum atomic E-state index is 11.9. The Hall–Kier alpha value is -2.44. The van der Waals surface area contributed by atoms with E-state index in [1.807, 2.05) is 12.1 Å². The lowest BCUT2D eigenvalue weighted by molar-refractivity contribution is 0.251. The predicted molar refractivity (Wildman–Crippen MR) is 143 cm³/mol. The number of unbranched alkanes of at least 4 members (excludes halogenated alkanes) is 9. The summed E-state index contributed by atoms with van der Waals surface area (Å²) in [5, 5.41) is 12.5. The number of hydrogen-bond donors (Lipinski definition) is 4. The van der Waals surface area contributed by atoms with Crippen LogP contribution in [0.15, 0.2) is 48.5 Å². The second kappa shape index (κ2) is 17.1. The van der Waals surface area contributed by atoms with E-state index in [1.54, 1.807) is 36.4 Å². The van der Waals surface area contributed by atoms with Crippen molar-refractivity contribution in [3.05, 3.63) is 58.6 Å². The molecule has 0 fully saturated rings. The van der Waals surface area contributed by atoms with Crippen molar-refractivity contribution in [2.75, 3.05) is 23.7 Å². The van der Waals surface area contributed by atoms with Gasteiger partial charge >= 0.3 is 12.1 Å². The zero-order chi connectivity index (χ0) is 24.4. The van der Waals surface area contributed by atoms with Gasteiger partial charge in [-0.15, -0.1) is 0 Å². The Morgan fingerprint density at radius 2 is 0.912 bits per heavy atom. The second-order valence-corrected chi connectivity index (χ2v) is 9.19. The van der Waals surface area contributed by atoms with Gasteiger partial charge in [-0.2, -0.15) is 0 Å². The molecule has 4 amide bonds. The van der Waals surface area contributed by atoms with Gasteiger partial charge in [-0.1, -0.05) is 86.7 Å². The number of urea groups is 2. The summed E-state index contributed by atoms with van der Waals surface area (Å²) in [4.78, 5) is 23.7. The first-order valence-corrected chi connectivity index (χ1v) is 12.9. The molecule has 4 N–H and O–H groups in total. The molecule has 0 heterocycles. The van der Waals surface area contributed by atoms with Gasteiger partial charge in [0.1, 0.15) is 0 Å². The van der Waals surface area contributed by atoms with Gasteiger partial charge in [0.05, 0.1) is 0 Å². The van der Waals surface area contributed by atoms with Gasteiger partial charge in [-0.3, -0.25) is 0 Å². The average molecular weight is 508 g/mol. The Morgan fingerprint density at radius 3 is 1.26 bits per heavy atom. The van der Waals surface area contributed by atoms with Crippen LogP contribution < -0.4 is 21.3 Å². The van der Waals surface area contributed by atoms with E-state index in [-0.39, 0.29) is 12.1 Å². The zero-order valence-electron chi connectivity index (χ0n) is 19.7. The van der Waals surface area contributed by atoms with Crippen LogP contribution in [0.3, 0.4) is 0 Å². The van der Waals surface area contributed by atoms with E-state index in [1.165, 1.54) is 38.5 Å². The van der Waals surface area contributed by atoms with Crippen LogP contribution in [0.25, 0.3) is 0 Å². The molecule has 8 heteroatoms. The zero-order valence-corrected chi connectivity index (χ0v) is 21.2. The molecule has 34 heavy (non-hydrogen) atoms. The minimum atomic E-state index is -0.195. The monoisotopic (exact) mass is 506 g/mol. The average Bonchev–Trinajstić information content (AvgIpc) is 2.79. The van der Waals surface area contributed by atoms with E-state index in [0.717, 1.165) is 25.7 Å². The summed E-state index contributed by atoms with van der Waals surface area (Å²) in [6.45, 7) is 1.36. The highest BCUT2D eigenvalue weighted by atomic mass is 35.5. The van der Waals surface area contributed by atoms with Crippen molar-refractivity contribution in [2.24, 2.45) is 0 Å². The smallest absolute Gasteiger partial charge is 0.319 e. The van der Waals surface area contributed by atoms with Crippen LogP contribution in [-0.2, 0) is 0 Å². The molecule has 0 aliphatic rings. The lowest BCUT2D eigenvalue weighted by atomic mass is 10.1. The lowest BCUT2D eigenvalue weighted by Crippen LogP contribution is -2.29. The number of carbonyl (C=O) groups excluding carboxylic acids is 2. The quantitative estimate of drug-likeness (QED) is 0.185. The third-order valence-electron chi connectivity index (χ3n) is 5.34. The molecule has 2 aromatic carbocycles. The number of rotatable bonds is 15. The van der Waals surface area contributed by atoms with Crippen LogP contribution in [0.2, 0.25) is 10.0 Å². The number of anilines is 2. The van der Waals surface area contributed by atoms with Gasteiger partial charge < -0.3 is 21.3 Å². The van der Waals surface area contributed by atoms with Gasteiger partial charge in [0, 0.05) is 34.5 Å². The number of carbonyl (C=O) groups is 2. The summed E-state index contributed by atoms with van der Waals surface area (Å²) in [6, 6.07) is 13.8. The summed E-state index contributed by atoms with van der Waals surface area (Å²) in [6.07, 6.45) is 11.6. The molecule has 2 rings (SSSR count). The van der Waals surface area contributed by atoms with E-state index in [9.17, 15) is 9.59 Å². The van der Waals surface area contributed by atoms with E-state index >= 15 is 0 Å². The van der Waals surface area contributed by atoms with Gasteiger partial charge in [-0.25, -0.2) is 9.59 Å². The highest BCUT2D eigenvalue weighted by molar-refractivity contribution is 6.31. The fourth-order valence-corrected chi connectivity index (χ4v) is 3.93. The van der Waals surface area contributed by atoms with Gasteiger partial charge in [0.15, 0.2) is 0 Å². The highest BCUT2D eigenvalue weighted by Gasteiger charge is 2.02. The maximum absolute atomic E-state index is 11.9. The maximum Gasteiger partial charge on any atom is 0.319 e. The minimum Gasteiger partial charge on any atom is -0.338 e. The van der Waals surface area contributed by atoms with Crippen molar-refractivity contribution in [1.82, 2.24) is 10.6 Å². The number of hydrogen-bond acceptors (Lipinski definition) is 2. The second-order valence-electron chi connectivity index (χ2n) is 8.32. The van der Waals surface area contributed by atoms with Crippen LogP contribution in [0.4, 0.5) is 21.0 Å². The van der Waals surface area contributed by atoms with Crippen molar-refractivity contribution in [3.8, 4) is 0 Å². The summed E-state index contributed by atoms with van der Waals surface area (Å²) in [5.41, 5.74) is 1.39. The first-order chi connectivity index (χ1) is 16.5. The van der Waals surface area contributed by atoms with E-state index in [2.05, 4.69) is 21.3 Å². The topological polar surface area (TPSA) is 82.3 Å². The first kappa shape index (κ1) is 27.8. The molecule has 0 spiro atoms. The molecule has 0 radical (unpaired) electrons. The van der Waals surface area contributed by atoms with E-state index < -0.39 is 0 Å². The van der Waals surface area contributed by atoms with Crippen molar-refractivity contribution in [3.63, 3.8) is 0 Å². The number of halogens is 2. The molecule has 0 unspecified atom stereocenters. The van der Waals surface area contributed by atoms with Crippen LogP contribution in [0.1, 0.15) is 64.2 Å². The SMILES string of the molecule is O=C(NCCCCCCCCCCCCNC(=O)Nc1cccc(Cl)c1)Nc1cccc(Cl)c1. The van der Waals surface area contributed by atoms with Gasteiger partial charge in [0.2, 0.25) is 0 Å². The Kier molecular flexibility index (Phi) is 14.0. The molecule has 6 nitrogen and oxygen atoms in total. The number of amides is 4. The third-order valence-corrected chi connectivity index (χ3v) is 5.81. The lowest BCUT2D eigenvalue weighted by Gasteiger charge is -2.08. The Bertz CT molecular complexity index is 808. The molecule has 0 aliphatic heterocycles. The molecule has 0 aliphatic carbocycles. The highest BCUT2D eigenvalue weighted by Crippen LogP contribution is 2.15. The van der Waals surface area contributed by atoms with Crippen LogP contribution >= 0.6 is 23.2 Å². The number of benzene rings is 2. The summed E-state index contributed by atoms with van der Waals surface area (Å²) in [7, 11) is 0. The first-order valence-electron chi connectivity index (χ1n) is 12.1. The fourth-order valence-electron chi connectivity index (χ4n) is 3.55. The molecule has 0 saturated carbocycles. The van der Waals surface area contributed by atoms with Crippen LogP contribution in [0, 0.1) is 0 Å². The predicted octanol–water partition coefficient (Wildman–Crippen LogP) is 7.84. The molecular weight excluding hydrogens is 471 g/mol. The fraction of sp³-hybridized carbons (Fsp3) is 0.462. The molecule has 186 valence electrons. The minimum absolute atomic E-state index is 0.195. The van der Waals surface area contributed by atoms with Crippen molar-refractivity contribution in [2.45, 2.75) is 64.2 Å². The summed E-state index contributed by atoms with van der Waals surface area (Å²) < 4.78 is 0. The summed E-state index contributed by atoms with van der Waals surface area (Å²) in [5.74, 6) is 0. The third kappa shape index (κ3) is 13.3. The van der Waals surface area contributed by atoms with Gasteiger partial charge in [0.25, 0.3) is 0 Å². The standard InChI is InChI=1S/C26H36Cl2N4O2/c27-21-13-11-15-23(19-21)31-25(33)29-17-9-7-5-3-1-2-4-6-8-10-18-30-26(34)32-24-16-12-14-22(28)20-24/h11-16,19-20H,1-10,17-18H2,(H2,29,31,33)(H2,30,32,34). The van der Waals surface area contributed by atoms with Crippen LogP contribution in [0.5, 0.6) is 0 Å². The molecule has 0 atom stereocenters. The van der Waals surface area contributed by atoms with E-state index in [4.69, 9.17) is 23.2 Å². The normalized spacial score (nSPS) is 10.5. The van der Waals surface area contributed by atoms with E-state index in [0.29, 0.717) is 34.5 Å². The van der Waals surface area contributed by atoms with Crippen LogP contribution in [-0.4, -0.2) is 25.2 Å². The molecule has 0 bridgehead atoms. The number of nitrogens with one attached hydrogen (secondary N) is 4.